The van der Waals surface area contributed by atoms with Crippen molar-refractivity contribution >= 4 is 16.9 Å². The maximum absolute atomic E-state index is 11.2. The van der Waals surface area contributed by atoms with Crippen molar-refractivity contribution < 1.29 is 9.53 Å². The minimum absolute atomic E-state index is 0.387. The SMILES string of the molecule is COc1ccc2nccc(CCN3CCC(NCc4ccc(C(N)=O)cc4)CC3)c2n1. The molecule has 3 N–H and O–H groups in total. The van der Waals surface area contributed by atoms with Crippen molar-refractivity contribution in [1.82, 2.24) is 20.2 Å². The number of hydrogen-bond donors (Lipinski definition) is 2. The molecule has 2 aromatic heterocycles. The summed E-state index contributed by atoms with van der Waals surface area (Å²) in [5.74, 6) is 0.236. The summed E-state index contributed by atoms with van der Waals surface area (Å²) in [5, 5.41) is 3.64. The number of pyridine rings is 2. The molecule has 4 rings (SSSR count). The van der Waals surface area contributed by atoms with Crippen LogP contribution in [0.4, 0.5) is 0 Å². The first-order valence-corrected chi connectivity index (χ1v) is 10.8. The Hall–Kier alpha value is -3.03. The Morgan fingerprint density at radius 3 is 2.65 bits per heavy atom. The van der Waals surface area contributed by atoms with Gasteiger partial charge in [-0.25, -0.2) is 4.98 Å². The van der Waals surface area contributed by atoms with E-state index >= 15 is 0 Å². The largest absolute Gasteiger partial charge is 0.481 e. The lowest BCUT2D eigenvalue weighted by molar-refractivity contribution is 0.100. The van der Waals surface area contributed by atoms with Crippen molar-refractivity contribution in [2.75, 3.05) is 26.7 Å². The summed E-state index contributed by atoms with van der Waals surface area (Å²) in [7, 11) is 1.64. The first-order valence-electron chi connectivity index (χ1n) is 10.8. The summed E-state index contributed by atoms with van der Waals surface area (Å²) in [6, 6.07) is 13.9. The molecule has 3 heterocycles. The predicted octanol–water partition coefficient (Wildman–Crippen LogP) is 2.53. The van der Waals surface area contributed by atoms with Crippen molar-refractivity contribution in [3.05, 3.63) is 65.4 Å². The zero-order chi connectivity index (χ0) is 21.6. The first kappa shape index (κ1) is 21.2. The number of nitrogens with two attached hydrogens (primary N) is 1. The molecule has 1 aliphatic rings. The maximum Gasteiger partial charge on any atom is 0.248 e. The van der Waals surface area contributed by atoms with E-state index < -0.39 is 0 Å². The fraction of sp³-hybridized carbons (Fsp3) is 0.375. The average Bonchev–Trinajstić information content (AvgIpc) is 2.82. The molecule has 0 spiro atoms. The van der Waals surface area contributed by atoms with Gasteiger partial charge in [-0.05, 0) is 67.7 Å². The van der Waals surface area contributed by atoms with Gasteiger partial charge in [0.25, 0.3) is 0 Å². The van der Waals surface area contributed by atoms with Gasteiger partial charge in [0.15, 0.2) is 0 Å². The van der Waals surface area contributed by atoms with Crippen LogP contribution in [-0.2, 0) is 13.0 Å². The zero-order valence-corrected chi connectivity index (χ0v) is 17.9. The van der Waals surface area contributed by atoms with E-state index in [0.717, 1.165) is 56.5 Å². The van der Waals surface area contributed by atoms with Gasteiger partial charge in [0, 0.05) is 37.0 Å². The molecule has 0 unspecified atom stereocenters. The van der Waals surface area contributed by atoms with Gasteiger partial charge in [-0.15, -0.1) is 0 Å². The molecule has 31 heavy (non-hydrogen) atoms. The number of nitrogens with one attached hydrogen (secondary N) is 1. The smallest absolute Gasteiger partial charge is 0.248 e. The van der Waals surface area contributed by atoms with Crippen LogP contribution in [0.3, 0.4) is 0 Å². The molecule has 1 aromatic carbocycles. The number of aromatic nitrogens is 2. The normalized spacial score (nSPS) is 15.3. The van der Waals surface area contributed by atoms with Crippen LogP contribution in [0, 0.1) is 0 Å². The number of fused-ring (bicyclic) bond motifs is 1. The summed E-state index contributed by atoms with van der Waals surface area (Å²) in [6.45, 7) is 3.98. The van der Waals surface area contributed by atoms with Gasteiger partial charge in [0.1, 0.15) is 0 Å². The average molecular weight is 420 g/mol. The summed E-state index contributed by atoms with van der Waals surface area (Å²) in [5.41, 5.74) is 10.1. The first-order chi connectivity index (χ1) is 15.1. The van der Waals surface area contributed by atoms with Gasteiger partial charge in [0.05, 0.1) is 18.1 Å². The minimum Gasteiger partial charge on any atom is -0.481 e. The highest BCUT2D eigenvalue weighted by Crippen LogP contribution is 2.20. The minimum atomic E-state index is -0.387. The Kier molecular flexibility index (Phi) is 6.74. The van der Waals surface area contributed by atoms with E-state index in [1.165, 1.54) is 11.1 Å². The highest BCUT2D eigenvalue weighted by Gasteiger charge is 2.19. The summed E-state index contributed by atoms with van der Waals surface area (Å²) in [6.07, 6.45) is 5.06. The lowest BCUT2D eigenvalue weighted by atomic mass is 10.0. The Morgan fingerprint density at radius 1 is 1.16 bits per heavy atom. The van der Waals surface area contributed by atoms with Gasteiger partial charge >= 0.3 is 0 Å². The number of primary amides is 1. The van der Waals surface area contributed by atoms with Crippen molar-refractivity contribution in [3.8, 4) is 5.88 Å². The van der Waals surface area contributed by atoms with Crippen LogP contribution in [0.5, 0.6) is 5.88 Å². The monoisotopic (exact) mass is 419 g/mol. The number of nitrogens with zero attached hydrogens (tertiary/aromatic N) is 3. The number of ether oxygens (including phenoxy) is 1. The molecule has 0 atom stereocenters. The van der Waals surface area contributed by atoms with E-state index in [4.69, 9.17) is 10.5 Å². The van der Waals surface area contributed by atoms with E-state index in [-0.39, 0.29) is 5.91 Å². The molecule has 1 amide bonds. The lowest BCUT2D eigenvalue weighted by Gasteiger charge is -2.32. The number of amides is 1. The Balaban J connectivity index is 1.25. The third-order valence-electron chi connectivity index (χ3n) is 5.97. The molecule has 3 aromatic rings. The molecule has 0 radical (unpaired) electrons. The van der Waals surface area contributed by atoms with Gasteiger partial charge in [-0.1, -0.05) is 12.1 Å². The van der Waals surface area contributed by atoms with Crippen LogP contribution in [-0.4, -0.2) is 53.6 Å². The molecule has 1 aliphatic heterocycles. The second-order valence-corrected chi connectivity index (χ2v) is 8.00. The van der Waals surface area contributed by atoms with Crippen LogP contribution in [0.1, 0.15) is 34.3 Å². The lowest BCUT2D eigenvalue weighted by Crippen LogP contribution is -2.42. The quantitative estimate of drug-likeness (QED) is 0.583. The van der Waals surface area contributed by atoms with Crippen molar-refractivity contribution in [1.29, 1.82) is 0 Å². The predicted molar refractivity (Wildman–Crippen MR) is 121 cm³/mol. The molecule has 162 valence electrons. The van der Waals surface area contributed by atoms with Crippen molar-refractivity contribution in [2.45, 2.75) is 31.8 Å². The Labute approximate surface area is 182 Å². The standard InChI is InChI=1S/C24H29N5O2/c1-31-22-7-6-21-23(28-22)18(8-12-26-21)9-13-29-14-10-20(11-15-29)27-16-17-2-4-19(5-3-17)24(25)30/h2-8,12,20,27H,9-11,13-16H2,1H3,(H2,25,30). The molecule has 0 bridgehead atoms. The molecule has 0 saturated carbocycles. The third kappa shape index (κ3) is 5.37. The molecule has 1 fully saturated rings. The number of hydrogen-bond acceptors (Lipinski definition) is 6. The number of likely N-dealkylation sites (tertiary alicyclic amines) is 1. The number of carbonyl (C=O) groups is 1. The molecular weight excluding hydrogens is 390 g/mol. The topological polar surface area (TPSA) is 93.4 Å². The second-order valence-electron chi connectivity index (χ2n) is 8.00. The van der Waals surface area contributed by atoms with Crippen LogP contribution in [0.2, 0.25) is 0 Å². The Morgan fingerprint density at radius 2 is 1.94 bits per heavy atom. The number of methoxy groups -OCH3 is 1. The second kappa shape index (κ2) is 9.85. The number of carbonyl (C=O) groups excluding carboxylic acids is 1. The van der Waals surface area contributed by atoms with Crippen LogP contribution >= 0.6 is 0 Å². The van der Waals surface area contributed by atoms with Crippen molar-refractivity contribution in [3.63, 3.8) is 0 Å². The molecule has 7 heteroatoms. The van der Waals surface area contributed by atoms with E-state index in [0.29, 0.717) is 17.5 Å². The van der Waals surface area contributed by atoms with Crippen LogP contribution < -0.4 is 15.8 Å². The molecular formula is C24H29N5O2. The summed E-state index contributed by atoms with van der Waals surface area (Å²) < 4.78 is 5.28. The highest BCUT2D eigenvalue weighted by molar-refractivity contribution is 5.92. The van der Waals surface area contributed by atoms with Gasteiger partial charge in [-0.2, -0.15) is 0 Å². The highest BCUT2D eigenvalue weighted by atomic mass is 16.5. The summed E-state index contributed by atoms with van der Waals surface area (Å²) >= 11 is 0. The fourth-order valence-corrected chi connectivity index (χ4v) is 4.06. The van der Waals surface area contributed by atoms with E-state index in [1.54, 1.807) is 19.2 Å². The molecule has 7 nitrogen and oxygen atoms in total. The number of piperidine rings is 1. The number of benzene rings is 1. The number of rotatable bonds is 8. The zero-order valence-electron chi connectivity index (χ0n) is 17.9. The van der Waals surface area contributed by atoms with Gasteiger partial charge in [0.2, 0.25) is 11.8 Å². The van der Waals surface area contributed by atoms with Crippen molar-refractivity contribution in [2.24, 2.45) is 5.73 Å². The van der Waals surface area contributed by atoms with E-state index in [2.05, 4.69) is 26.3 Å². The van der Waals surface area contributed by atoms with E-state index in [9.17, 15) is 4.79 Å². The third-order valence-corrected chi connectivity index (χ3v) is 5.97. The van der Waals surface area contributed by atoms with Crippen LogP contribution in [0.15, 0.2) is 48.7 Å². The summed E-state index contributed by atoms with van der Waals surface area (Å²) in [4.78, 5) is 22.7. The van der Waals surface area contributed by atoms with Gasteiger partial charge < -0.3 is 20.7 Å². The van der Waals surface area contributed by atoms with Crippen LogP contribution in [0.25, 0.3) is 11.0 Å². The van der Waals surface area contributed by atoms with Gasteiger partial charge in [-0.3, -0.25) is 9.78 Å². The Bertz CT molecular complexity index is 1030. The molecule has 1 saturated heterocycles. The molecule has 0 aliphatic carbocycles. The maximum atomic E-state index is 11.2. The fourth-order valence-electron chi connectivity index (χ4n) is 4.06. The van der Waals surface area contributed by atoms with E-state index in [1.807, 2.05) is 30.5 Å².